The van der Waals surface area contributed by atoms with Gasteiger partial charge in [-0.1, -0.05) is 64.3 Å². The second kappa shape index (κ2) is 6.09. The van der Waals surface area contributed by atoms with Crippen molar-refractivity contribution in [3.05, 3.63) is 35.4 Å². The van der Waals surface area contributed by atoms with E-state index in [9.17, 15) is 0 Å². The van der Waals surface area contributed by atoms with E-state index in [2.05, 4.69) is 45.0 Å². The number of rotatable bonds is 3. The Hall–Kier alpha value is -0.820. The molecule has 2 rings (SSSR count). The normalized spacial score (nSPS) is 19.4. The number of nitrogens with two attached hydrogens (primary N) is 1. The zero-order valence-electron chi connectivity index (χ0n) is 12.8. The Bertz CT molecular complexity index is 379. The minimum Gasteiger partial charge on any atom is -0.327 e. The fourth-order valence-electron chi connectivity index (χ4n) is 3.14. The number of hydrogen-bond donors (Lipinski definition) is 1. The topological polar surface area (TPSA) is 26.0 Å². The fraction of sp³-hybridized carbons (Fsp3) is 0.667. The fourth-order valence-corrected chi connectivity index (χ4v) is 3.14. The van der Waals surface area contributed by atoms with Crippen LogP contribution in [0.5, 0.6) is 0 Å². The molecule has 1 unspecified atom stereocenters. The predicted octanol–water partition coefficient (Wildman–Crippen LogP) is 4.43. The Morgan fingerprint density at radius 2 is 1.63 bits per heavy atom. The first-order valence-corrected chi connectivity index (χ1v) is 7.82. The highest BCUT2D eigenvalue weighted by Gasteiger charge is 2.21. The summed E-state index contributed by atoms with van der Waals surface area (Å²) in [5.41, 5.74) is 9.44. The summed E-state index contributed by atoms with van der Waals surface area (Å²) in [6.45, 7) is 6.78. The lowest BCUT2D eigenvalue weighted by molar-refractivity contribution is 0.303. The second-order valence-corrected chi connectivity index (χ2v) is 7.21. The van der Waals surface area contributed by atoms with Gasteiger partial charge in [0.1, 0.15) is 0 Å². The average molecular weight is 259 g/mol. The molecule has 0 saturated heterocycles. The molecule has 0 amide bonds. The minimum absolute atomic E-state index is 0.240. The first kappa shape index (κ1) is 14.6. The molecule has 1 aromatic rings. The molecule has 1 nitrogen and oxygen atoms in total. The molecule has 1 fully saturated rings. The van der Waals surface area contributed by atoms with Gasteiger partial charge in [-0.2, -0.15) is 0 Å². The van der Waals surface area contributed by atoms with E-state index in [0.717, 1.165) is 12.3 Å². The van der Waals surface area contributed by atoms with Crippen molar-refractivity contribution < 1.29 is 0 Å². The highest BCUT2D eigenvalue weighted by molar-refractivity contribution is 5.28. The van der Waals surface area contributed by atoms with Crippen LogP contribution < -0.4 is 5.73 Å². The quantitative estimate of drug-likeness (QED) is 0.853. The molecule has 19 heavy (non-hydrogen) atoms. The molecular weight excluding hydrogens is 230 g/mol. The van der Waals surface area contributed by atoms with Crippen molar-refractivity contribution in [2.45, 2.75) is 70.8 Å². The van der Waals surface area contributed by atoms with Crippen molar-refractivity contribution in [1.82, 2.24) is 0 Å². The molecule has 0 radical (unpaired) electrons. The van der Waals surface area contributed by atoms with E-state index < -0.39 is 0 Å². The van der Waals surface area contributed by atoms with Crippen LogP contribution in [0.2, 0.25) is 0 Å². The molecule has 1 aliphatic rings. The number of hydrogen-bond acceptors (Lipinski definition) is 1. The summed E-state index contributed by atoms with van der Waals surface area (Å²) in [6, 6.07) is 9.42. The van der Waals surface area contributed by atoms with Gasteiger partial charge in [-0.3, -0.25) is 0 Å². The summed E-state index contributed by atoms with van der Waals surface area (Å²) in [7, 11) is 0. The summed E-state index contributed by atoms with van der Waals surface area (Å²) in [5.74, 6) is 0.746. The molecule has 0 aromatic heterocycles. The van der Waals surface area contributed by atoms with Crippen molar-refractivity contribution >= 4 is 0 Å². The van der Waals surface area contributed by atoms with E-state index in [1.54, 1.807) is 0 Å². The van der Waals surface area contributed by atoms with Gasteiger partial charge in [0.05, 0.1) is 0 Å². The van der Waals surface area contributed by atoms with Crippen molar-refractivity contribution in [2.75, 3.05) is 0 Å². The summed E-state index contributed by atoms with van der Waals surface area (Å²) >= 11 is 0. The van der Waals surface area contributed by atoms with E-state index in [4.69, 9.17) is 5.73 Å². The first-order chi connectivity index (χ1) is 8.97. The molecule has 1 aliphatic carbocycles. The lowest BCUT2D eigenvalue weighted by atomic mass is 9.81. The lowest BCUT2D eigenvalue weighted by Gasteiger charge is -2.27. The standard InChI is InChI=1S/C18H29N/c1-18(2,3)16-11-9-14(10-12-16)13-17(19)15-7-5-4-6-8-15/h9-12,15,17H,4-8,13,19H2,1-3H3. The third-order valence-corrected chi connectivity index (χ3v) is 4.55. The van der Waals surface area contributed by atoms with Gasteiger partial charge in [0.2, 0.25) is 0 Å². The Kier molecular flexibility index (Phi) is 4.67. The summed E-state index contributed by atoms with van der Waals surface area (Å²) in [4.78, 5) is 0. The smallest absolute Gasteiger partial charge is 0.0108 e. The Morgan fingerprint density at radius 3 is 2.16 bits per heavy atom. The SMILES string of the molecule is CC(C)(C)c1ccc(CC(N)C2CCCCC2)cc1. The van der Waals surface area contributed by atoms with Crippen LogP contribution in [0.25, 0.3) is 0 Å². The van der Waals surface area contributed by atoms with Crippen LogP contribution in [0.4, 0.5) is 0 Å². The molecular formula is C18H29N. The zero-order valence-corrected chi connectivity index (χ0v) is 12.8. The third-order valence-electron chi connectivity index (χ3n) is 4.55. The average Bonchev–Trinajstić information content (AvgIpc) is 2.39. The molecule has 1 aromatic carbocycles. The Balaban J connectivity index is 1.95. The maximum absolute atomic E-state index is 6.40. The van der Waals surface area contributed by atoms with Gasteiger partial charge in [-0.15, -0.1) is 0 Å². The summed E-state index contributed by atoms with van der Waals surface area (Å²) in [5, 5.41) is 0. The third kappa shape index (κ3) is 4.07. The van der Waals surface area contributed by atoms with E-state index in [0.29, 0.717) is 6.04 Å². The van der Waals surface area contributed by atoms with E-state index >= 15 is 0 Å². The molecule has 0 bridgehead atoms. The van der Waals surface area contributed by atoms with Gasteiger partial charge in [-0.05, 0) is 41.7 Å². The van der Waals surface area contributed by atoms with Crippen LogP contribution in [0, 0.1) is 5.92 Å². The highest BCUT2D eigenvalue weighted by atomic mass is 14.6. The van der Waals surface area contributed by atoms with Gasteiger partial charge in [-0.25, -0.2) is 0 Å². The molecule has 1 saturated carbocycles. The van der Waals surface area contributed by atoms with E-state index in [-0.39, 0.29) is 5.41 Å². The Morgan fingerprint density at radius 1 is 1.05 bits per heavy atom. The number of benzene rings is 1. The largest absolute Gasteiger partial charge is 0.327 e. The summed E-state index contributed by atoms with van der Waals surface area (Å²) in [6.07, 6.45) is 7.86. The van der Waals surface area contributed by atoms with E-state index in [1.807, 2.05) is 0 Å². The van der Waals surface area contributed by atoms with Gasteiger partial charge in [0.25, 0.3) is 0 Å². The molecule has 0 aliphatic heterocycles. The predicted molar refractivity (Wildman–Crippen MR) is 83.4 cm³/mol. The molecule has 1 heteroatoms. The first-order valence-electron chi connectivity index (χ1n) is 7.82. The van der Waals surface area contributed by atoms with Gasteiger partial charge in [0.15, 0.2) is 0 Å². The monoisotopic (exact) mass is 259 g/mol. The van der Waals surface area contributed by atoms with Gasteiger partial charge < -0.3 is 5.73 Å². The van der Waals surface area contributed by atoms with Crippen LogP contribution in [0.3, 0.4) is 0 Å². The van der Waals surface area contributed by atoms with Gasteiger partial charge >= 0.3 is 0 Å². The summed E-state index contributed by atoms with van der Waals surface area (Å²) < 4.78 is 0. The molecule has 2 N–H and O–H groups in total. The van der Waals surface area contributed by atoms with Gasteiger partial charge in [0, 0.05) is 6.04 Å². The van der Waals surface area contributed by atoms with Crippen LogP contribution in [-0.4, -0.2) is 6.04 Å². The second-order valence-electron chi connectivity index (χ2n) is 7.21. The Labute approximate surface area is 118 Å². The van der Waals surface area contributed by atoms with Crippen molar-refractivity contribution in [3.63, 3.8) is 0 Å². The van der Waals surface area contributed by atoms with E-state index in [1.165, 1.54) is 43.2 Å². The molecule has 106 valence electrons. The molecule has 0 spiro atoms. The van der Waals surface area contributed by atoms with Crippen LogP contribution >= 0.6 is 0 Å². The van der Waals surface area contributed by atoms with Crippen LogP contribution in [0.1, 0.15) is 64.0 Å². The maximum atomic E-state index is 6.40. The minimum atomic E-state index is 0.240. The molecule has 1 atom stereocenters. The zero-order chi connectivity index (χ0) is 13.9. The van der Waals surface area contributed by atoms with Crippen LogP contribution in [-0.2, 0) is 11.8 Å². The highest BCUT2D eigenvalue weighted by Crippen LogP contribution is 2.27. The van der Waals surface area contributed by atoms with Crippen molar-refractivity contribution in [2.24, 2.45) is 11.7 Å². The molecule has 0 heterocycles. The maximum Gasteiger partial charge on any atom is 0.0108 e. The van der Waals surface area contributed by atoms with Crippen LogP contribution in [0.15, 0.2) is 24.3 Å². The van der Waals surface area contributed by atoms with Crippen molar-refractivity contribution in [1.29, 1.82) is 0 Å². The lowest BCUT2D eigenvalue weighted by Crippen LogP contribution is -2.33. The van der Waals surface area contributed by atoms with Crippen molar-refractivity contribution in [3.8, 4) is 0 Å².